The predicted octanol–water partition coefficient (Wildman–Crippen LogP) is 9.58. The van der Waals surface area contributed by atoms with E-state index in [0.29, 0.717) is 16.9 Å². The normalized spacial score (nSPS) is 12.9. The minimum atomic E-state index is -4.95. The average molecular weight is 832 g/mol. The van der Waals surface area contributed by atoms with Gasteiger partial charge in [0.2, 0.25) is 11.8 Å². The number of azo groups is 2. The van der Waals surface area contributed by atoms with Crippen LogP contribution >= 0.6 is 0 Å². The Balaban J connectivity index is 1.15. The summed E-state index contributed by atoms with van der Waals surface area (Å²) in [6.45, 7) is 0. The molecule has 0 bridgehead atoms. The van der Waals surface area contributed by atoms with Crippen LogP contribution < -0.4 is 5.73 Å². The molecule has 0 aliphatic heterocycles. The van der Waals surface area contributed by atoms with Crippen molar-refractivity contribution in [1.29, 1.82) is 0 Å². The van der Waals surface area contributed by atoms with Gasteiger partial charge in [-0.2, -0.15) is 27.1 Å². The molecule has 59 heavy (non-hydrogen) atoms. The first-order chi connectivity index (χ1) is 28.0. The van der Waals surface area contributed by atoms with Gasteiger partial charge in [0.15, 0.2) is 11.5 Å². The van der Waals surface area contributed by atoms with E-state index in [-0.39, 0.29) is 50.1 Å². The number of aliphatic hydroxyl groups is 2. The maximum absolute atomic E-state index is 12.4. The summed E-state index contributed by atoms with van der Waals surface area (Å²) >= 11 is 0. The Bertz CT molecular complexity index is 3140. The van der Waals surface area contributed by atoms with Gasteiger partial charge in [0.1, 0.15) is 21.2 Å². The van der Waals surface area contributed by atoms with Crippen molar-refractivity contribution in [2.24, 2.45) is 30.4 Å². The van der Waals surface area contributed by atoms with Crippen LogP contribution in [0.25, 0.3) is 21.5 Å². The van der Waals surface area contributed by atoms with Crippen LogP contribution in [0, 0.1) is 0 Å². The van der Waals surface area contributed by atoms with Crippen LogP contribution in [0.3, 0.4) is 0 Å². The maximum Gasteiger partial charge on any atom is 0.296 e. The number of hydrogen-bond acceptors (Lipinski definition) is 13. The van der Waals surface area contributed by atoms with E-state index in [1.807, 2.05) is 0 Å². The van der Waals surface area contributed by atoms with Crippen molar-refractivity contribution >= 4 is 93.4 Å². The molecule has 0 aliphatic carbocycles. The van der Waals surface area contributed by atoms with E-state index in [2.05, 4.69) is 30.4 Å². The number of phenols is 2. The summed E-state index contributed by atoms with van der Waals surface area (Å²) in [5.41, 5.74) is 6.57. The quantitative estimate of drug-likeness (QED) is 0.0224. The number of aliphatic hydroxyl groups excluding tert-OH is 2. The van der Waals surface area contributed by atoms with Gasteiger partial charge in [-0.1, -0.05) is 18.2 Å². The highest BCUT2D eigenvalue weighted by atomic mass is 32.2. The van der Waals surface area contributed by atoms with Crippen molar-refractivity contribution in [2.45, 2.75) is 9.79 Å². The highest BCUT2D eigenvalue weighted by Crippen LogP contribution is 2.44. The van der Waals surface area contributed by atoms with Crippen LogP contribution in [0.5, 0.6) is 11.5 Å². The molecule has 0 fully saturated rings. The first-order valence-electron chi connectivity index (χ1n) is 17.0. The number of nitrogen functional groups attached to an aromatic ring is 1. The Morgan fingerprint density at radius 2 is 0.864 bits per heavy atom. The zero-order valence-electron chi connectivity index (χ0n) is 30.0. The van der Waals surface area contributed by atoms with E-state index in [4.69, 9.17) is 5.73 Å². The van der Waals surface area contributed by atoms with Gasteiger partial charge in [0, 0.05) is 27.6 Å². The molecule has 0 heterocycles. The van der Waals surface area contributed by atoms with Gasteiger partial charge in [-0.25, -0.2) is 9.98 Å². The molecule has 0 aliphatic rings. The first kappa shape index (κ1) is 39.6. The fourth-order valence-corrected chi connectivity index (χ4v) is 7.11. The van der Waals surface area contributed by atoms with Gasteiger partial charge in [-0.15, -0.1) is 10.2 Å². The molecule has 7 aromatic carbocycles. The zero-order chi connectivity index (χ0) is 42.1. The molecule has 0 saturated heterocycles. The Morgan fingerprint density at radius 3 is 1.29 bits per heavy atom. The lowest BCUT2D eigenvalue weighted by molar-refractivity contribution is 0.471. The molecular formula is C40H29N7O10S2. The molecule has 8 N–H and O–H groups in total. The van der Waals surface area contributed by atoms with E-state index in [9.17, 15) is 46.4 Å². The zero-order valence-corrected chi connectivity index (χ0v) is 31.7. The lowest BCUT2D eigenvalue weighted by Crippen LogP contribution is -1.99. The monoisotopic (exact) mass is 831 g/mol. The minimum absolute atomic E-state index is 0.139. The number of nitrogens with zero attached hydrogens (tertiary/aromatic N) is 6. The van der Waals surface area contributed by atoms with Gasteiger partial charge >= 0.3 is 0 Å². The number of rotatable bonds is 10. The molecule has 0 aromatic heterocycles. The van der Waals surface area contributed by atoms with Crippen LogP contribution in [0.1, 0.15) is 11.1 Å². The second-order valence-corrected chi connectivity index (χ2v) is 15.5. The van der Waals surface area contributed by atoms with Crippen molar-refractivity contribution in [2.75, 3.05) is 5.73 Å². The number of hydrogen-bond donors (Lipinski definition) is 7. The summed E-state index contributed by atoms with van der Waals surface area (Å²) in [5.74, 6) is -2.00. The highest BCUT2D eigenvalue weighted by molar-refractivity contribution is 7.86. The highest BCUT2D eigenvalue weighted by Gasteiger charge is 2.24. The number of benzene rings is 7. The number of phenolic OH excluding ortho intramolecular Hbond substituents is 2. The number of anilines is 1. The van der Waals surface area contributed by atoms with Crippen LogP contribution in [0.15, 0.2) is 168 Å². The molecule has 19 heteroatoms. The van der Waals surface area contributed by atoms with Gasteiger partial charge in [-0.05, 0) is 120 Å². The molecule has 296 valence electrons. The van der Waals surface area contributed by atoms with Gasteiger partial charge < -0.3 is 26.2 Å². The lowest BCUT2D eigenvalue weighted by Gasteiger charge is -2.10. The number of fused-ring (bicyclic) bond motifs is 2. The van der Waals surface area contributed by atoms with Crippen molar-refractivity contribution < 1.29 is 46.4 Å². The van der Waals surface area contributed by atoms with Gasteiger partial charge in [-0.3, -0.25) is 9.11 Å². The molecule has 0 saturated carbocycles. The predicted molar refractivity (Wildman–Crippen MR) is 221 cm³/mol. The second-order valence-electron chi connectivity index (χ2n) is 12.7. The largest absolute Gasteiger partial charge is 0.505 e. The topological polar surface area (TPSA) is 290 Å². The molecular weight excluding hydrogens is 803 g/mol. The minimum Gasteiger partial charge on any atom is -0.505 e. The summed E-state index contributed by atoms with van der Waals surface area (Å²) in [6.07, 6.45) is 0. The van der Waals surface area contributed by atoms with Crippen molar-refractivity contribution in [1.82, 2.24) is 0 Å². The van der Waals surface area contributed by atoms with Crippen molar-refractivity contribution in [3.63, 3.8) is 0 Å². The molecule has 7 aromatic rings. The third-order valence-electron chi connectivity index (χ3n) is 8.68. The smallest absolute Gasteiger partial charge is 0.296 e. The molecule has 0 amide bonds. The van der Waals surface area contributed by atoms with Crippen molar-refractivity contribution in [3.05, 3.63) is 139 Å². The van der Waals surface area contributed by atoms with Crippen LogP contribution in [0.2, 0.25) is 0 Å². The summed E-state index contributed by atoms with van der Waals surface area (Å²) in [6, 6.07) is 30.9. The van der Waals surface area contributed by atoms with Gasteiger partial charge in [0.05, 0.1) is 22.7 Å². The van der Waals surface area contributed by atoms with Crippen LogP contribution in [-0.2, 0) is 20.2 Å². The molecule has 0 spiro atoms. The Labute approximate surface area is 334 Å². The Kier molecular flexibility index (Phi) is 10.6. The van der Waals surface area contributed by atoms with E-state index >= 15 is 0 Å². The van der Waals surface area contributed by atoms with Gasteiger partial charge in [0.25, 0.3) is 20.2 Å². The second kappa shape index (κ2) is 15.8. The van der Waals surface area contributed by atoms with E-state index in [1.165, 1.54) is 60.7 Å². The number of aliphatic imine (C=N–C) groups is 2. The summed E-state index contributed by atoms with van der Waals surface area (Å²) < 4.78 is 69.3. The van der Waals surface area contributed by atoms with E-state index < -0.39 is 58.8 Å². The first-order valence-corrected chi connectivity index (χ1v) is 19.9. The Hall–Kier alpha value is -7.58. The average Bonchev–Trinajstić information content (AvgIpc) is 3.20. The standard InChI is InChI=1S/C40H29N7O10S2/c41-26-10-6-22(7-11-26)39(50)42-29-14-16-32-24(18-29)21-34(59(55,56)57)36(38(32)49)47-45-28-12-8-23(9-13-28)40(51)43-30-15-17-31-25(19-30)20-33(58(52,53)54)35(37(31)48)46-44-27-4-2-1-3-5-27/h1-21,48-49H,41H2,(H,42,50)(H,43,51)(H,52,53,54)(H,55,56,57). The van der Waals surface area contributed by atoms with Crippen molar-refractivity contribution in [3.8, 4) is 11.5 Å². The fraction of sp³-hybridized carbons (Fsp3) is 0. The number of aromatic hydroxyl groups is 2. The summed E-state index contributed by atoms with van der Waals surface area (Å²) in [7, 11) is -9.83. The van der Waals surface area contributed by atoms with Crippen LogP contribution in [-0.4, -0.2) is 58.2 Å². The lowest BCUT2D eigenvalue weighted by atomic mass is 10.1. The fourth-order valence-electron chi connectivity index (χ4n) is 5.80. The summed E-state index contributed by atoms with van der Waals surface area (Å²) in [5, 5.41) is 59.7. The van der Waals surface area contributed by atoms with Crippen LogP contribution in [0.4, 0.5) is 39.8 Å². The summed E-state index contributed by atoms with van der Waals surface area (Å²) in [4.78, 5) is 6.85. The third-order valence-corrected chi connectivity index (χ3v) is 10.4. The molecule has 0 unspecified atom stereocenters. The van der Waals surface area contributed by atoms with E-state index in [0.717, 1.165) is 12.1 Å². The molecule has 0 radical (unpaired) electrons. The third kappa shape index (κ3) is 8.72. The molecule has 0 atom stereocenters. The number of nitrogens with two attached hydrogens (primary N) is 1. The maximum atomic E-state index is 12.4. The molecule has 17 nitrogen and oxygen atoms in total. The van der Waals surface area contributed by atoms with E-state index in [1.54, 1.807) is 54.6 Å². The Morgan fingerprint density at radius 1 is 0.475 bits per heavy atom. The SMILES string of the molecule is Nc1ccc(C(O)=Nc2ccc3c(O)c(N=Nc4ccc(C(O)=Nc5ccc6c(O)c(N=Nc7ccccc7)c(S(=O)(=O)O)cc6c5)cc4)c(S(=O)(=O)O)cc3c2)cc1. The molecule has 7 rings (SSSR count).